The lowest BCUT2D eigenvalue weighted by atomic mass is 9.36. The van der Waals surface area contributed by atoms with Crippen molar-refractivity contribution in [3.05, 3.63) is 11.1 Å². The SMILES string of the molecule is CC.CC(=O)OCC12CCC3C(CCC4[C@@]3(C)CCC3C(C)(C)[C@@H](OC(C)=O)CC[C@@]34C)C1=C(C(C)C)C(=O)C2. The third kappa shape index (κ3) is 4.70. The van der Waals surface area contributed by atoms with Gasteiger partial charge in [-0.05, 0) is 103 Å². The van der Waals surface area contributed by atoms with Gasteiger partial charge < -0.3 is 9.47 Å². The van der Waals surface area contributed by atoms with Gasteiger partial charge in [0.05, 0.1) is 0 Å². The molecule has 5 aliphatic rings. The second-order valence-electron chi connectivity index (χ2n) is 15.1. The van der Waals surface area contributed by atoms with Crippen molar-refractivity contribution >= 4 is 17.7 Å². The second kappa shape index (κ2) is 10.9. The van der Waals surface area contributed by atoms with E-state index in [0.717, 1.165) is 37.7 Å². The molecule has 0 spiro atoms. The summed E-state index contributed by atoms with van der Waals surface area (Å²) in [4.78, 5) is 37.2. The van der Waals surface area contributed by atoms with E-state index in [1.165, 1.54) is 31.8 Å². The highest BCUT2D eigenvalue weighted by atomic mass is 16.5. The van der Waals surface area contributed by atoms with E-state index < -0.39 is 0 Å². The van der Waals surface area contributed by atoms with E-state index in [-0.39, 0.29) is 51.4 Å². The Hall–Kier alpha value is -1.65. The maximum atomic E-state index is 13.5. The zero-order valence-electron chi connectivity index (χ0n) is 27.1. The van der Waals surface area contributed by atoms with E-state index in [2.05, 4.69) is 41.5 Å². The summed E-state index contributed by atoms with van der Waals surface area (Å²) in [5, 5.41) is 0. The molecule has 0 aromatic heterocycles. The molecular weight excluding hydrogens is 500 g/mol. The van der Waals surface area contributed by atoms with Crippen LogP contribution >= 0.6 is 0 Å². The third-order valence-electron chi connectivity index (χ3n) is 12.5. The van der Waals surface area contributed by atoms with Gasteiger partial charge in [0, 0.05) is 31.1 Å². The fraction of sp³-hybridized carbons (Fsp3) is 0.857. The maximum absolute atomic E-state index is 13.5. The van der Waals surface area contributed by atoms with Crippen molar-refractivity contribution in [1.29, 1.82) is 0 Å². The Balaban J connectivity index is 0.00000181. The Morgan fingerprint density at radius 1 is 0.850 bits per heavy atom. The summed E-state index contributed by atoms with van der Waals surface area (Å²) in [6.45, 7) is 21.5. The molecule has 4 fully saturated rings. The van der Waals surface area contributed by atoms with E-state index in [4.69, 9.17) is 9.47 Å². The van der Waals surface area contributed by atoms with Crippen molar-refractivity contribution in [1.82, 2.24) is 0 Å². The number of allylic oxidation sites excluding steroid dienone is 1. The molecule has 40 heavy (non-hydrogen) atoms. The van der Waals surface area contributed by atoms with Crippen LogP contribution < -0.4 is 0 Å². The zero-order chi connectivity index (χ0) is 29.8. The number of hydrogen-bond acceptors (Lipinski definition) is 5. The maximum Gasteiger partial charge on any atom is 0.302 e. The van der Waals surface area contributed by atoms with Gasteiger partial charge in [0.1, 0.15) is 12.7 Å². The van der Waals surface area contributed by atoms with Gasteiger partial charge in [-0.1, -0.05) is 55.4 Å². The largest absolute Gasteiger partial charge is 0.465 e. The Kier molecular flexibility index (Phi) is 8.51. The molecule has 5 heteroatoms. The van der Waals surface area contributed by atoms with Crippen LogP contribution in [-0.4, -0.2) is 30.4 Å². The van der Waals surface area contributed by atoms with E-state index >= 15 is 0 Å². The highest BCUT2D eigenvalue weighted by molar-refractivity contribution is 6.00. The molecule has 5 aliphatic carbocycles. The summed E-state index contributed by atoms with van der Waals surface area (Å²) in [5.74, 6) is 2.22. The molecule has 0 aromatic rings. The van der Waals surface area contributed by atoms with Gasteiger partial charge >= 0.3 is 11.9 Å². The highest BCUT2D eigenvalue weighted by Crippen LogP contribution is 2.73. The fourth-order valence-corrected chi connectivity index (χ4v) is 11.2. The van der Waals surface area contributed by atoms with Crippen LogP contribution in [0.25, 0.3) is 0 Å². The van der Waals surface area contributed by atoms with Crippen LogP contribution in [0.1, 0.15) is 127 Å². The molecule has 0 bridgehead atoms. The molecule has 0 radical (unpaired) electrons. The van der Waals surface area contributed by atoms with Gasteiger partial charge in [0.15, 0.2) is 5.78 Å². The first-order valence-electron chi connectivity index (χ1n) is 16.3. The van der Waals surface area contributed by atoms with Gasteiger partial charge in [-0.15, -0.1) is 0 Å². The molecule has 0 aromatic carbocycles. The number of ketones is 1. The molecule has 0 saturated heterocycles. The normalized spacial score (nSPS) is 41.6. The van der Waals surface area contributed by atoms with Gasteiger partial charge in [0.2, 0.25) is 0 Å². The first kappa shape index (κ1) is 31.3. The lowest BCUT2D eigenvalue weighted by Gasteiger charge is -2.68. The number of esters is 2. The van der Waals surface area contributed by atoms with Crippen LogP contribution in [0, 0.1) is 51.2 Å². The van der Waals surface area contributed by atoms with Crippen LogP contribution in [-0.2, 0) is 23.9 Å². The van der Waals surface area contributed by atoms with Crippen molar-refractivity contribution in [3.63, 3.8) is 0 Å². The molecule has 5 unspecified atom stereocenters. The number of rotatable bonds is 4. The third-order valence-corrected chi connectivity index (χ3v) is 12.5. The number of carbonyl (C=O) groups excluding carboxylic acids is 3. The number of carbonyl (C=O) groups is 3. The molecule has 4 saturated carbocycles. The molecule has 5 rings (SSSR count). The van der Waals surface area contributed by atoms with Crippen LogP contribution in [0.4, 0.5) is 0 Å². The number of fused-ring (bicyclic) bond motifs is 7. The van der Waals surface area contributed by atoms with Gasteiger partial charge in [0.25, 0.3) is 0 Å². The van der Waals surface area contributed by atoms with E-state index in [9.17, 15) is 14.4 Å². The molecular formula is C35H56O5. The average molecular weight is 557 g/mol. The van der Waals surface area contributed by atoms with Crippen molar-refractivity contribution in [3.8, 4) is 0 Å². The van der Waals surface area contributed by atoms with E-state index in [1.807, 2.05) is 13.8 Å². The topological polar surface area (TPSA) is 69.7 Å². The smallest absolute Gasteiger partial charge is 0.302 e. The Bertz CT molecular complexity index is 1050. The number of hydrogen-bond donors (Lipinski definition) is 0. The molecule has 0 aliphatic heterocycles. The van der Waals surface area contributed by atoms with Crippen LogP contribution in [0.5, 0.6) is 0 Å². The predicted molar refractivity (Wildman–Crippen MR) is 158 cm³/mol. The predicted octanol–water partition coefficient (Wildman–Crippen LogP) is 8.10. The quantitative estimate of drug-likeness (QED) is 0.327. The first-order valence-corrected chi connectivity index (χ1v) is 16.3. The fourth-order valence-electron chi connectivity index (χ4n) is 11.2. The van der Waals surface area contributed by atoms with Crippen LogP contribution in [0.15, 0.2) is 11.1 Å². The Morgan fingerprint density at radius 2 is 1.50 bits per heavy atom. The summed E-state index contributed by atoms with van der Waals surface area (Å²) in [5.41, 5.74) is 2.56. The molecule has 0 heterocycles. The van der Waals surface area contributed by atoms with Gasteiger partial charge in [-0.2, -0.15) is 0 Å². The highest BCUT2D eigenvalue weighted by Gasteiger charge is 2.66. The summed E-state index contributed by atoms with van der Waals surface area (Å²) >= 11 is 0. The van der Waals surface area contributed by atoms with Crippen molar-refractivity contribution in [2.24, 2.45) is 51.2 Å². The van der Waals surface area contributed by atoms with Gasteiger partial charge in [-0.25, -0.2) is 0 Å². The van der Waals surface area contributed by atoms with E-state index in [1.54, 1.807) is 6.92 Å². The number of Topliss-reactive ketones (excluding diaryl/α,β-unsaturated/α-hetero) is 1. The monoisotopic (exact) mass is 556 g/mol. The van der Waals surface area contributed by atoms with Crippen molar-refractivity contribution in [2.45, 2.75) is 133 Å². The summed E-state index contributed by atoms with van der Waals surface area (Å²) in [7, 11) is 0. The second-order valence-corrected chi connectivity index (χ2v) is 15.1. The van der Waals surface area contributed by atoms with E-state index in [0.29, 0.717) is 36.7 Å². The minimum absolute atomic E-state index is 0.00130. The summed E-state index contributed by atoms with van der Waals surface area (Å²) < 4.78 is 11.5. The van der Waals surface area contributed by atoms with Crippen LogP contribution in [0.2, 0.25) is 0 Å². The zero-order valence-corrected chi connectivity index (χ0v) is 27.1. The van der Waals surface area contributed by atoms with Gasteiger partial charge in [-0.3, -0.25) is 14.4 Å². The minimum Gasteiger partial charge on any atom is -0.465 e. The minimum atomic E-state index is -0.294. The van der Waals surface area contributed by atoms with Crippen molar-refractivity contribution in [2.75, 3.05) is 6.61 Å². The Morgan fingerprint density at radius 3 is 2.10 bits per heavy atom. The standard InChI is InChI=1S/C33H50O5.C2H6/c1-19(2)28-24(36)17-33(18-37-20(3)34)16-11-23-22(29(28)33)9-10-26-31(23,7)14-12-25-30(5,6)27(38-21(4)35)13-15-32(25,26)8;1-2/h19,22-23,25-27H,9-18H2,1-8H3;1-2H3/t22?,23?,25?,26?,27-,31-,32-,33?;/m0./s1. The molecule has 0 amide bonds. The average Bonchev–Trinajstić information content (AvgIpc) is 3.18. The summed E-state index contributed by atoms with van der Waals surface area (Å²) in [6.07, 6.45) is 9.32. The molecule has 8 atom stereocenters. The Labute approximate surface area is 243 Å². The first-order chi connectivity index (χ1) is 18.7. The molecule has 5 nitrogen and oxygen atoms in total. The molecule has 0 N–H and O–H groups in total. The van der Waals surface area contributed by atoms with Crippen LogP contribution in [0.3, 0.4) is 0 Å². The summed E-state index contributed by atoms with van der Waals surface area (Å²) in [6, 6.07) is 0. The molecule has 226 valence electrons. The lowest BCUT2D eigenvalue weighted by molar-refractivity contribution is -0.212. The lowest BCUT2D eigenvalue weighted by Crippen LogP contribution is -2.63. The number of ether oxygens (including phenoxy) is 2. The van der Waals surface area contributed by atoms with Crippen molar-refractivity contribution < 1.29 is 23.9 Å².